The molecule has 2 aliphatic rings. The molecule has 3 heteroatoms. The normalized spacial score (nSPS) is 45.9. The van der Waals surface area contributed by atoms with Crippen molar-refractivity contribution in [3.05, 3.63) is 0 Å². The fourth-order valence-electron chi connectivity index (χ4n) is 1.87. The van der Waals surface area contributed by atoms with Crippen LogP contribution in [0.2, 0.25) is 0 Å². The van der Waals surface area contributed by atoms with Gasteiger partial charge >= 0.3 is 0 Å². The SMILES string of the molecule is OCC1OC2CNCC1C2. The Bertz CT molecular complexity index is 129. The number of piperidine rings is 1. The predicted molar refractivity (Wildman–Crippen MR) is 36.7 cm³/mol. The topological polar surface area (TPSA) is 41.5 Å². The van der Waals surface area contributed by atoms with E-state index in [0.29, 0.717) is 12.0 Å². The highest BCUT2D eigenvalue weighted by Crippen LogP contribution is 2.28. The average Bonchev–Trinajstić information content (AvgIpc) is 2.26. The van der Waals surface area contributed by atoms with Crippen LogP contribution >= 0.6 is 0 Å². The van der Waals surface area contributed by atoms with E-state index < -0.39 is 0 Å². The van der Waals surface area contributed by atoms with Crippen LogP contribution in [0.5, 0.6) is 0 Å². The maximum Gasteiger partial charge on any atom is 0.0851 e. The Balaban J connectivity index is 2.01. The number of ether oxygens (including phenoxy) is 1. The fourth-order valence-corrected chi connectivity index (χ4v) is 1.87. The molecular weight excluding hydrogens is 130 g/mol. The number of hydrogen-bond acceptors (Lipinski definition) is 3. The van der Waals surface area contributed by atoms with Crippen LogP contribution in [0.1, 0.15) is 6.42 Å². The van der Waals surface area contributed by atoms with Gasteiger partial charge in [-0.05, 0) is 6.42 Å². The van der Waals surface area contributed by atoms with Crippen LogP contribution in [0.4, 0.5) is 0 Å². The molecule has 2 bridgehead atoms. The molecule has 2 N–H and O–H groups in total. The third-order valence-corrected chi connectivity index (χ3v) is 2.42. The lowest BCUT2D eigenvalue weighted by molar-refractivity contribution is 0.0116. The number of rotatable bonds is 1. The molecule has 2 saturated heterocycles. The summed E-state index contributed by atoms with van der Waals surface area (Å²) >= 11 is 0. The zero-order chi connectivity index (χ0) is 6.97. The van der Waals surface area contributed by atoms with Crippen LogP contribution in [0, 0.1) is 5.92 Å². The molecule has 0 aliphatic carbocycles. The van der Waals surface area contributed by atoms with E-state index in [1.165, 1.54) is 0 Å². The molecule has 3 unspecified atom stereocenters. The third kappa shape index (κ3) is 0.944. The summed E-state index contributed by atoms with van der Waals surface area (Å²) in [5, 5.41) is 12.1. The van der Waals surface area contributed by atoms with Crippen molar-refractivity contribution in [3.8, 4) is 0 Å². The second kappa shape index (κ2) is 2.49. The lowest BCUT2D eigenvalue weighted by Gasteiger charge is -2.17. The van der Waals surface area contributed by atoms with E-state index in [4.69, 9.17) is 9.84 Å². The van der Waals surface area contributed by atoms with Crippen molar-refractivity contribution in [2.75, 3.05) is 19.7 Å². The first kappa shape index (κ1) is 6.58. The minimum absolute atomic E-state index is 0.111. The molecule has 3 nitrogen and oxygen atoms in total. The summed E-state index contributed by atoms with van der Waals surface area (Å²) in [7, 11) is 0. The minimum Gasteiger partial charge on any atom is -0.394 e. The molecule has 2 aliphatic heterocycles. The van der Waals surface area contributed by atoms with Gasteiger partial charge in [0, 0.05) is 19.0 Å². The van der Waals surface area contributed by atoms with Crippen molar-refractivity contribution < 1.29 is 9.84 Å². The van der Waals surface area contributed by atoms with Gasteiger partial charge in [0.2, 0.25) is 0 Å². The lowest BCUT2D eigenvalue weighted by Crippen LogP contribution is -2.35. The summed E-state index contributed by atoms with van der Waals surface area (Å²) in [5.74, 6) is 0.559. The molecule has 2 fully saturated rings. The summed E-state index contributed by atoms with van der Waals surface area (Å²) in [5.41, 5.74) is 0. The average molecular weight is 143 g/mol. The van der Waals surface area contributed by atoms with Crippen LogP contribution in [0.15, 0.2) is 0 Å². The molecule has 58 valence electrons. The highest BCUT2D eigenvalue weighted by Gasteiger charge is 2.37. The van der Waals surface area contributed by atoms with E-state index in [2.05, 4.69) is 5.32 Å². The zero-order valence-corrected chi connectivity index (χ0v) is 5.92. The maximum atomic E-state index is 8.86. The molecule has 3 atom stereocenters. The minimum atomic E-state index is 0.111. The second-order valence-corrected chi connectivity index (χ2v) is 3.13. The Morgan fingerprint density at radius 1 is 1.50 bits per heavy atom. The van der Waals surface area contributed by atoms with Crippen molar-refractivity contribution >= 4 is 0 Å². The summed E-state index contributed by atoms with van der Waals surface area (Å²) in [6, 6.07) is 0. The van der Waals surface area contributed by atoms with Gasteiger partial charge in [0.25, 0.3) is 0 Å². The van der Waals surface area contributed by atoms with Crippen LogP contribution in [0.25, 0.3) is 0 Å². The molecule has 0 radical (unpaired) electrons. The van der Waals surface area contributed by atoms with Crippen molar-refractivity contribution in [2.45, 2.75) is 18.6 Å². The van der Waals surface area contributed by atoms with Crippen LogP contribution in [-0.2, 0) is 4.74 Å². The Hall–Kier alpha value is -0.120. The first-order chi connectivity index (χ1) is 4.90. The Labute approximate surface area is 60.4 Å². The first-order valence-electron chi connectivity index (χ1n) is 3.87. The van der Waals surface area contributed by atoms with Crippen molar-refractivity contribution in [2.24, 2.45) is 5.92 Å². The molecule has 10 heavy (non-hydrogen) atoms. The predicted octanol–water partition coefficient (Wildman–Crippen LogP) is -0.644. The Morgan fingerprint density at radius 3 is 3.10 bits per heavy atom. The smallest absolute Gasteiger partial charge is 0.0851 e. The van der Waals surface area contributed by atoms with E-state index in [1.54, 1.807) is 0 Å². The fraction of sp³-hybridized carbons (Fsp3) is 1.00. The summed E-state index contributed by atoms with van der Waals surface area (Å²) in [6.07, 6.45) is 1.62. The van der Waals surface area contributed by atoms with Gasteiger partial charge in [0.1, 0.15) is 0 Å². The van der Waals surface area contributed by atoms with Crippen molar-refractivity contribution in [3.63, 3.8) is 0 Å². The van der Waals surface area contributed by atoms with Gasteiger partial charge in [0.15, 0.2) is 0 Å². The number of aliphatic hydroxyl groups excluding tert-OH is 1. The Morgan fingerprint density at radius 2 is 2.40 bits per heavy atom. The van der Waals surface area contributed by atoms with Gasteiger partial charge in [-0.15, -0.1) is 0 Å². The van der Waals surface area contributed by atoms with E-state index in [0.717, 1.165) is 19.5 Å². The summed E-state index contributed by atoms with van der Waals surface area (Å²) in [6.45, 7) is 2.16. The quantitative estimate of drug-likeness (QED) is 0.513. The highest BCUT2D eigenvalue weighted by molar-refractivity contribution is 4.88. The summed E-state index contributed by atoms with van der Waals surface area (Å²) < 4.78 is 5.52. The number of aliphatic hydroxyl groups is 1. The molecule has 2 rings (SSSR count). The van der Waals surface area contributed by atoms with Crippen molar-refractivity contribution in [1.29, 1.82) is 0 Å². The van der Waals surface area contributed by atoms with E-state index in [-0.39, 0.29) is 12.7 Å². The first-order valence-corrected chi connectivity index (χ1v) is 3.87. The summed E-state index contributed by atoms with van der Waals surface area (Å²) in [4.78, 5) is 0. The number of nitrogens with one attached hydrogen (secondary N) is 1. The van der Waals surface area contributed by atoms with Gasteiger partial charge in [-0.25, -0.2) is 0 Å². The second-order valence-electron chi connectivity index (χ2n) is 3.13. The zero-order valence-electron chi connectivity index (χ0n) is 5.92. The molecule has 0 amide bonds. The van der Waals surface area contributed by atoms with Crippen LogP contribution < -0.4 is 5.32 Å². The number of hydrogen-bond donors (Lipinski definition) is 2. The van der Waals surface area contributed by atoms with Gasteiger partial charge < -0.3 is 15.2 Å². The van der Waals surface area contributed by atoms with Crippen LogP contribution in [0.3, 0.4) is 0 Å². The van der Waals surface area contributed by atoms with E-state index >= 15 is 0 Å². The molecule has 0 saturated carbocycles. The largest absolute Gasteiger partial charge is 0.394 e. The van der Waals surface area contributed by atoms with E-state index in [1.807, 2.05) is 0 Å². The monoisotopic (exact) mass is 143 g/mol. The molecule has 2 heterocycles. The lowest BCUT2D eigenvalue weighted by atomic mass is 9.97. The molecule has 0 spiro atoms. The number of fused-ring (bicyclic) bond motifs is 2. The van der Waals surface area contributed by atoms with Gasteiger partial charge in [-0.2, -0.15) is 0 Å². The molecule has 0 aromatic carbocycles. The highest BCUT2D eigenvalue weighted by atomic mass is 16.5. The molecule has 0 aromatic heterocycles. The maximum absolute atomic E-state index is 8.86. The van der Waals surface area contributed by atoms with Crippen molar-refractivity contribution in [1.82, 2.24) is 5.32 Å². The van der Waals surface area contributed by atoms with Gasteiger partial charge in [-0.3, -0.25) is 0 Å². The molecular formula is C7H13NO2. The van der Waals surface area contributed by atoms with Crippen LogP contribution in [-0.4, -0.2) is 37.0 Å². The Kier molecular flexibility index (Phi) is 1.64. The third-order valence-electron chi connectivity index (χ3n) is 2.42. The van der Waals surface area contributed by atoms with E-state index in [9.17, 15) is 0 Å². The van der Waals surface area contributed by atoms with Gasteiger partial charge in [-0.1, -0.05) is 0 Å². The standard InChI is InChI=1S/C7H13NO2/c9-4-7-5-1-6(10-7)3-8-2-5/h5-9H,1-4H2. The molecule has 0 aromatic rings. The van der Waals surface area contributed by atoms with Gasteiger partial charge in [0.05, 0.1) is 18.8 Å².